The number of likely N-dealkylation sites (tertiary alicyclic amines) is 1. The van der Waals surface area contributed by atoms with Crippen LogP contribution in [0.1, 0.15) is 44.8 Å². The van der Waals surface area contributed by atoms with Crippen LogP contribution >= 0.6 is 0 Å². The largest absolute Gasteiger partial charge is 0.341 e. The number of piperidine rings is 1. The summed E-state index contributed by atoms with van der Waals surface area (Å²) in [5.74, 6) is 0.649. The van der Waals surface area contributed by atoms with Crippen molar-refractivity contribution in [1.82, 2.24) is 19.6 Å². The maximum absolute atomic E-state index is 12.8. The van der Waals surface area contributed by atoms with E-state index >= 15 is 0 Å². The van der Waals surface area contributed by atoms with E-state index in [1.807, 2.05) is 11.8 Å². The lowest BCUT2D eigenvalue weighted by Gasteiger charge is -2.33. The van der Waals surface area contributed by atoms with Gasteiger partial charge in [-0.05, 0) is 32.1 Å². The molecule has 2 aromatic heterocycles. The molecule has 1 saturated heterocycles. The summed E-state index contributed by atoms with van der Waals surface area (Å²) >= 11 is 0. The second-order valence-electron chi connectivity index (χ2n) is 6.34. The van der Waals surface area contributed by atoms with Crippen molar-refractivity contribution in [2.75, 3.05) is 13.1 Å². The van der Waals surface area contributed by atoms with E-state index in [-0.39, 0.29) is 17.2 Å². The molecule has 23 heavy (non-hydrogen) atoms. The van der Waals surface area contributed by atoms with Crippen molar-refractivity contribution < 1.29 is 9.32 Å². The molecular formula is C16H22N4O3. The SMILES string of the molecule is CCC(C(=O)N1CCC(C)CC1)n1cnc2onc(C)c2c1=O. The summed E-state index contributed by atoms with van der Waals surface area (Å²) in [5, 5.41) is 4.13. The molecule has 0 aromatic carbocycles. The lowest BCUT2D eigenvalue weighted by atomic mass is 9.98. The Bertz CT molecular complexity index is 771. The third kappa shape index (κ3) is 2.75. The Morgan fingerprint density at radius 1 is 1.43 bits per heavy atom. The zero-order valence-corrected chi connectivity index (χ0v) is 13.8. The Kier molecular flexibility index (Phi) is 4.19. The van der Waals surface area contributed by atoms with Gasteiger partial charge < -0.3 is 9.42 Å². The summed E-state index contributed by atoms with van der Waals surface area (Å²) in [7, 11) is 0. The predicted molar refractivity (Wildman–Crippen MR) is 85.1 cm³/mol. The number of carbonyl (C=O) groups is 1. The van der Waals surface area contributed by atoms with Crippen molar-refractivity contribution in [3.8, 4) is 0 Å². The van der Waals surface area contributed by atoms with E-state index < -0.39 is 6.04 Å². The zero-order valence-electron chi connectivity index (χ0n) is 13.8. The first-order chi connectivity index (χ1) is 11.0. The number of carbonyl (C=O) groups excluding carboxylic acids is 1. The number of aryl methyl sites for hydroxylation is 1. The minimum Gasteiger partial charge on any atom is -0.341 e. The van der Waals surface area contributed by atoms with E-state index in [0.717, 1.165) is 25.9 Å². The van der Waals surface area contributed by atoms with Crippen molar-refractivity contribution in [1.29, 1.82) is 0 Å². The van der Waals surface area contributed by atoms with E-state index in [9.17, 15) is 9.59 Å². The van der Waals surface area contributed by atoms with Crippen molar-refractivity contribution in [2.24, 2.45) is 5.92 Å². The first kappa shape index (κ1) is 15.7. The summed E-state index contributed by atoms with van der Waals surface area (Å²) in [5.41, 5.74) is 0.457. The number of rotatable bonds is 3. The highest BCUT2D eigenvalue weighted by Crippen LogP contribution is 2.21. The smallest absolute Gasteiger partial charge is 0.267 e. The Balaban J connectivity index is 1.94. The molecule has 3 rings (SSSR count). The number of aromatic nitrogens is 3. The molecule has 1 amide bonds. The van der Waals surface area contributed by atoms with Gasteiger partial charge in [-0.25, -0.2) is 4.98 Å². The Morgan fingerprint density at radius 2 is 2.13 bits per heavy atom. The maximum Gasteiger partial charge on any atom is 0.267 e. The molecule has 7 heteroatoms. The minimum atomic E-state index is -0.526. The van der Waals surface area contributed by atoms with Gasteiger partial charge in [0, 0.05) is 13.1 Å². The van der Waals surface area contributed by atoms with Crippen LogP contribution in [0.3, 0.4) is 0 Å². The highest BCUT2D eigenvalue weighted by atomic mass is 16.5. The first-order valence-electron chi connectivity index (χ1n) is 8.14. The average Bonchev–Trinajstić information content (AvgIpc) is 2.92. The standard InChI is InChI=1S/C16H22N4O3/c1-4-12(15(21)19-7-5-10(2)6-8-19)20-9-17-14-13(16(20)22)11(3)18-23-14/h9-10,12H,4-8H2,1-3H3. The topological polar surface area (TPSA) is 81.2 Å². The van der Waals surface area contributed by atoms with Crippen LogP contribution < -0.4 is 5.56 Å². The summed E-state index contributed by atoms with van der Waals surface area (Å²) < 4.78 is 6.44. The van der Waals surface area contributed by atoms with Crippen LogP contribution in [0, 0.1) is 12.8 Å². The monoisotopic (exact) mass is 318 g/mol. The van der Waals surface area contributed by atoms with Gasteiger partial charge in [0.05, 0.1) is 5.69 Å². The molecule has 2 aromatic rings. The molecule has 0 N–H and O–H groups in total. The number of amides is 1. The van der Waals surface area contributed by atoms with Gasteiger partial charge in [0.1, 0.15) is 17.8 Å². The van der Waals surface area contributed by atoms with E-state index in [0.29, 0.717) is 23.4 Å². The van der Waals surface area contributed by atoms with E-state index in [1.54, 1.807) is 6.92 Å². The van der Waals surface area contributed by atoms with Gasteiger partial charge >= 0.3 is 0 Å². The van der Waals surface area contributed by atoms with Crippen LogP contribution in [-0.2, 0) is 4.79 Å². The second-order valence-corrected chi connectivity index (χ2v) is 6.34. The molecule has 0 bridgehead atoms. The van der Waals surface area contributed by atoms with Crippen molar-refractivity contribution in [3.63, 3.8) is 0 Å². The molecule has 0 spiro atoms. The predicted octanol–water partition coefficient (Wildman–Crippen LogP) is 1.90. The van der Waals surface area contributed by atoms with E-state index in [4.69, 9.17) is 4.52 Å². The van der Waals surface area contributed by atoms with Crippen molar-refractivity contribution in [3.05, 3.63) is 22.4 Å². The van der Waals surface area contributed by atoms with Gasteiger partial charge in [0.25, 0.3) is 11.3 Å². The fourth-order valence-electron chi connectivity index (χ4n) is 3.14. The second kappa shape index (κ2) is 6.14. The fourth-order valence-corrected chi connectivity index (χ4v) is 3.14. The fraction of sp³-hybridized carbons (Fsp3) is 0.625. The highest BCUT2D eigenvalue weighted by molar-refractivity contribution is 5.81. The van der Waals surface area contributed by atoms with Gasteiger partial charge in [-0.3, -0.25) is 14.2 Å². The van der Waals surface area contributed by atoms with Gasteiger partial charge in [0.2, 0.25) is 5.91 Å². The van der Waals surface area contributed by atoms with E-state index in [2.05, 4.69) is 17.1 Å². The summed E-state index contributed by atoms with van der Waals surface area (Å²) in [6.07, 6.45) is 3.97. The summed E-state index contributed by atoms with van der Waals surface area (Å²) in [6, 6.07) is -0.526. The number of hydrogen-bond donors (Lipinski definition) is 0. The van der Waals surface area contributed by atoms with Crippen molar-refractivity contribution in [2.45, 2.75) is 46.1 Å². The molecule has 124 valence electrons. The first-order valence-corrected chi connectivity index (χ1v) is 8.14. The van der Waals surface area contributed by atoms with Gasteiger partial charge in [-0.2, -0.15) is 0 Å². The normalized spacial score (nSPS) is 17.6. The van der Waals surface area contributed by atoms with Crippen LogP contribution in [0.2, 0.25) is 0 Å². The zero-order chi connectivity index (χ0) is 16.6. The number of hydrogen-bond acceptors (Lipinski definition) is 5. The van der Waals surface area contributed by atoms with Crippen LogP contribution in [0.5, 0.6) is 0 Å². The average molecular weight is 318 g/mol. The highest BCUT2D eigenvalue weighted by Gasteiger charge is 2.29. The molecule has 3 heterocycles. The minimum absolute atomic E-state index is 0.00300. The lowest BCUT2D eigenvalue weighted by Crippen LogP contribution is -2.43. The molecule has 7 nitrogen and oxygen atoms in total. The third-order valence-corrected chi connectivity index (χ3v) is 4.70. The molecule has 1 aliphatic rings. The van der Waals surface area contributed by atoms with Crippen molar-refractivity contribution >= 4 is 17.0 Å². The van der Waals surface area contributed by atoms with Crippen LogP contribution in [0.4, 0.5) is 0 Å². The Labute approximate surface area is 134 Å². The van der Waals surface area contributed by atoms with Crippen LogP contribution in [0.15, 0.2) is 15.6 Å². The quantitative estimate of drug-likeness (QED) is 0.863. The molecule has 1 fully saturated rings. The molecular weight excluding hydrogens is 296 g/mol. The van der Waals surface area contributed by atoms with Crippen LogP contribution in [0.25, 0.3) is 11.1 Å². The third-order valence-electron chi connectivity index (χ3n) is 4.70. The summed E-state index contributed by atoms with van der Waals surface area (Å²) in [4.78, 5) is 31.6. The van der Waals surface area contributed by atoms with Gasteiger partial charge in [0.15, 0.2) is 0 Å². The molecule has 1 unspecified atom stereocenters. The van der Waals surface area contributed by atoms with Gasteiger partial charge in [-0.15, -0.1) is 0 Å². The molecule has 1 atom stereocenters. The van der Waals surface area contributed by atoms with Gasteiger partial charge in [-0.1, -0.05) is 19.0 Å². The Hall–Kier alpha value is -2.18. The lowest BCUT2D eigenvalue weighted by molar-refractivity contribution is -0.136. The maximum atomic E-state index is 12.8. The molecule has 0 aliphatic carbocycles. The Morgan fingerprint density at radius 3 is 2.78 bits per heavy atom. The molecule has 0 radical (unpaired) electrons. The van der Waals surface area contributed by atoms with Crippen LogP contribution in [-0.4, -0.2) is 38.6 Å². The molecule has 0 saturated carbocycles. The molecule has 1 aliphatic heterocycles. The van der Waals surface area contributed by atoms with E-state index in [1.165, 1.54) is 10.9 Å². The number of fused-ring (bicyclic) bond motifs is 1. The summed E-state index contributed by atoms with van der Waals surface area (Å²) in [6.45, 7) is 7.33. The number of nitrogens with zero attached hydrogens (tertiary/aromatic N) is 4.